The highest BCUT2D eigenvalue weighted by Gasteiger charge is 2.19. The maximum atomic E-state index is 12.6. The fourth-order valence-corrected chi connectivity index (χ4v) is 4.45. The van der Waals surface area contributed by atoms with Gasteiger partial charge in [-0.15, -0.1) is 0 Å². The molecule has 1 aromatic heterocycles. The minimum absolute atomic E-state index is 0.280. The maximum absolute atomic E-state index is 12.6. The van der Waals surface area contributed by atoms with Crippen molar-refractivity contribution in [1.29, 1.82) is 0 Å². The molecule has 0 fully saturated rings. The number of Topliss-reactive ketones (excluding diaryl/α,β-unsaturated/α-hetero) is 1. The van der Waals surface area contributed by atoms with Gasteiger partial charge in [-0.1, -0.05) is 45.6 Å². The molecule has 0 aliphatic carbocycles. The highest BCUT2D eigenvalue weighted by Crippen LogP contribution is 2.31. The molecule has 7 nitrogen and oxygen atoms in total. The lowest BCUT2D eigenvalue weighted by atomic mass is 9.96. The highest BCUT2D eigenvalue weighted by atomic mass is 16.4. The molecule has 2 heterocycles. The Morgan fingerprint density at radius 1 is 1.06 bits per heavy atom. The molecule has 0 saturated carbocycles. The van der Waals surface area contributed by atoms with Crippen LogP contribution in [0.5, 0.6) is 0 Å². The van der Waals surface area contributed by atoms with E-state index in [1.165, 1.54) is 54.0 Å². The van der Waals surface area contributed by atoms with Gasteiger partial charge in [0.25, 0.3) is 0 Å². The Bertz CT molecular complexity index is 1120. The number of aromatic amines is 1. The van der Waals surface area contributed by atoms with Crippen molar-refractivity contribution in [3.05, 3.63) is 41.6 Å². The Hall–Kier alpha value is -3.37. The second-order valence-electron chi connectivity index (χ2n) is 9.17. The zero-order valence-electron chi connectivity index (χ0n) is 21.6. The Kier molecular flexibility index (Phi) is 11.9. The van der Waals surface area contributed by atoms with Crippen LogP contribution in [0.2, 0.25) is 0 Å². The van der Waals surface area contributed by atoms with Crippen molar-refractivity contribution in [2.75, 3.05) is 13.1 Å². The van der Waals surface area contributed by atoms with Gasteiger partial charge in [0.2, 0.25) is 0 Å². The molecule has 1 atom stereocenters. The first-order valence-electron chi connectivity index (χ1n) is 12.8. The number of nitrogens with zero attached hydrogens (tertiary/aromatic N) is 1. The lowest BCUT2D eigenvalue weighted by Gasteiger charge is -2.31. The van der Waals surface area contributed by atoms with Gasteiger partial charge >= 0.3 is 11.9 Å². The van der Waals surface area contributed by atoms with Gasteiger partial charge in [0.15, 0.2) is 5.78 Å². The number of nitrogens with one attached hydrogen (secondary N) is 1. The van der Waals surface area contributed by atoms with Crippen LogP contribution >= 0.6 is 0 Å². The molecular weight excluding hydrogens is 456 g/mol. The predicted molar refractivity (Wildman–Crippen MR) is 143 cm³/mol. The predicted octanol–water partition coefficient (Wildman–Crippen LogP) is 5.76. The average Bonchev–Trinajstić information content (AvgIpc) is 3.29. The second kappa shape index (κ2) is 14.9. The summed E-state index contributed by atoms with van der Waals surface area (Å²) in [7, 11) is 0. The lowest BCUT2D eigenvalue weighted by molar-refractivity contribution is -0.132. The van der Waals surface area contributed by atoms with E-state index in [0.29, 0.717) is 12.5 Å². The molecule has 3 N–H and O–H groups in total. The lowest BCUT2D eigenvalue weighted by Crippen LogP contribution is -2.36. The van der Waals surface area contributed by atoms with Gasteiger partial charge in [-0.2, -0.15) is 0 Å². The van der Waals surface area contributed by atoms with Gasteiger partial charge in [0.05, 0.1) is 0 Å². The van der Waals surface area contributed by atoms with Gasteiger partial charge in [-0.3, -0.25) is 9.69 Å². The molecule has 0 bridgehead atoms. The zero-order valence-corrected chi connectivity index (χ0v) is 21.6. The molecule has 1 aliphatic rings. The molecule has 3 rings (SSSR count). The number of carboxylic acid groups (broad SMARTS) is 2. The number of benzene rings is 1. The van der Waals surface area contributed by atoms with Crippen molar-refractivity contribution < 1.29 is 24.6 Å². The fourth-order valence-electron chi connectivity index (χ4n) is 4.45. The van der Waals surface area contributed by atoms with Crippen molar-refractivity contribution in [1.82, 2.24) is 9.88 Å². The first-order valence-corrected chi connectivity index (χ1v) is 12.8. The normalized spacial score (nSPS) is 14.1. The molecule has 0 saturated heterocycles. The average molecular weight is 495 g/mol. The summed E-state index contributed by atoms with van der Waals surface area (Å²) in [5.41, 5.74) is 4.68. The minimum Gasteiger partial charge on any atom is -0.472 e. The van der Waals surface area contributed by atoms with Crippen molar-refractivity contribution in [3.63, 3.8) is 0 Å². The molecule has 1 aliphatic heterocycles. The number of aliphatic carboxylic acids is 2. The number of rotatable bonds is 10. The number of unbranched alkanes of at least 4 members (excludes halogenated alkanes) is 3. The van der Waals surface area contributed by atoms with E-state index in [4.69, 9.17) is 10.2 Å². The number of carboxylic acids is 2. The summed E-state index contributed by atoms with van der Waals surface area (Å²) in [6.07, 6.45) is 13.3. The van der Waals surface area contributed by atoms with Crippen LogP contribution in [0.15, 0.2) is 30.5 Å². The highest BCUT2D eigenvalue weighted by molar-refractivity contribution is 6.02. The smallest absolute Gasteiger partial charge is 0.382 e. The maximum Gasteiger partial charge on any atom is 0.382 e. The standard InChI is InChI=1S/C25H36N2O.C4H2O4/c1-4-6-7-8-10-25(28)21-11-12-24-22(17-21)23(18-26-24)20-13-15-27(16-14-20)19(3)9-5-2;5-3(6)1-2-4(7)8/h11-13,17-19,26H,4-10,14-16H2,1-3H3;(H,5,6)(H,7,8). The summed E-state index contributed by atoms with van der Waals surface area (Å²) in [5.74, 6) is 0.229. The van der Waals surface area contributed by atoms with Crippen molar-refractivity contribution in [3.8, 4) is 11.8 Å². The van der Waals surface area contributed by atoms with Crippen LogP contribution in [-0.2, 0) is 9.59 Å². The second-order valence-corrected chi connectivity index (χ2v) is 9.17. The third kappa shape index (κ3) is 9.01. The topological polar surface area (TPSA) is 111 Å². The molecular formula is C29H38N2O5. The summed E-state index contributed by atoms with van der Waals surface area (Å²) >= 11 is 0. The molecule has 1 unspecified atom stereocenters. The Morgan fingerprint density at radius 2 is 1.78 bits per heavy atom. The van der Waals surface area contributed by atoms with Crippen LogP contribution in [0.4, 0.5) is 0 Å². The van der Waals surface area contributed by atoms with Crippen LogP contribution < -0.4 is 0 Å². The first kappa shape index (κ1) is 28.9. The number of hydrogen-bond acceptors (Lipinski definition) is 4. The van der Waals surface area contributed by atoms with E-state index in [1.54, 1.807) is 0 Å². The number of hydrogen-bond donors (Lipinski definition) is 3. The van der Waals surface area contributed by atoms with E-state index in [-0.39, 0.29) is 5.78 Å². The minimum atomic E-state index is -1.44. The summed E-state index contributed by atoms with van der Waals surface area (Å²) in [6, 6.07) is 6.81. The van der Waals surface area contributed by atoms with Gasteiger partial charge in [-0.05, 0) is 50.0 Å². The fraction of sp³-hybridized carbons (Fsp3) is 0.483. The molecule has 7 heteroatoms. The number of H-pyrrole nitrogens is 1. The van der Waals surface area contributed by atoms with Crippen LogP contribution in [0.25, 0.3) is 16.5 Å². The number of carbonyl (C=O) groups excluding carboxylic acids is 1. The van der Waals surface area contributed by atoms with Crippen LogP contribution in [-0.4, -0.2) is 57.0 Å². The van der Waals surface area contributed by atoms with E-state index in [9.17, 15) is 14.4 Å². The molecule has 194 valence electrons. The van der Waals surface area contributed by atoms with E-state index < -0.39 is 11.9 Å². The number of aromatic nitrogens is 1. The largest absolute Gasteiger partial charge is 0.472 e. The Morgan fingerprint density at radius 3 is 2.36 bits per heavy atom. The van der Waals surface area contributed by atoms with Crippen LogP contribution in [0, 0.1) is 11.8 Å². The van der Waals surface area contributed by atoms with Crippen molar-refractivity contribution >= 4 is 34.2 Å². The SMILES string of the molecule is CCCCCCC(=O)c1ccc2[nH]cc(C3=CCN(C(C)CCC)CC3)c2c1.O=C(O)C#CC(=O)O. The molecule has 2 aromatic rings. The molecule has 1 aromatic carbocycles. The van der Waals surface area contributed by atoms with Gasteiger partial charge < -0.3 is 15.2 Å². The van der Waals surface area contributed by atoms with Crippen molar-refractivity contribution in [2.45, 2.75) is 78.2 Å². The van der Waals surface area contributed by atoms with E-state index in [0.717, 1.165) is 43.4 Å². The zero-order chi connectivity index (χ0) is 26.5. The van der Waals surface area contributed by atoms with Crippen molar-refractivity contribution in [2.24, 2.45) is 0 Å². The van der Waals surface area contributed by atoms with E-state index in [2.05, 4.69) is 55.1 Å². The van der Waals surface area contributed by atoms with Gasteiger partial charge in [0, 0.05) is 65.6 Å². The Labute approximate surface area is 213 Å². The summed E-state index contributed by atoms with van der Waals surface area (Å²) in [6.45, 7) is 8.95. The third-order valence-electron chi connectivity index (χ3n) is 6.45. The number of fused-ring (bicyclic) bond motifs is 1. The van der Waals surface area contributed by atoms with Crippen LogP contribution in [0.1, 0.15) is 88.1 Å². The summed E-state index contributed by atoms with van der Waals surface area (Å²) in [5, 5.41) is 16.6. The summed E-state index contributed by atoms with van der Waals surface area (Å²) < 4.78 is 0. The number of ketones is 1. The molecule has 36 heavy (non-hydrogen) atoms. The van der Waals surface area contributed by atoms with Gasteiger partial charge in [0.1, 0.15) is 0 Å². The summed E-state index contributed by atoms with van der Waals surface area (Å²) in [4.78, 5) is 37.5. The quantitative estimate of drug-likeness (QED) is 0.220. The Balaban J connectivity index is 0.000000493. The van der Waals surface area contributed by atoms with Gasteiger partial charge in [-0.25, -0.2) is 9.59 Å². The third-order valence-corrected chi connectivity index (χ3v) is 6.45. The molecule has 0 radical (unpaired) electrons. The molecule has 0 amide bonds. The monoisotopic (exact) mass is 494 g/mol. The van der Waals surface area contributed by atoms with E-state index >= 15 is 0 Å². The molecule has 0 spiro atoms. The van der Waals surface area contributed by atoms with E-state index in [1.807, 2.05) is 6.07 Å². The first-order chi connectivity index (χ1) is 17.3. The number of carbonyl (C=O) groups is 3. The van der Waals surface area contributed by atoms with Crippen LogP contribution in [0.3, 0.4) is 0 Å².